The fourth-order valence-corrected chi connectivity index (χ4v) is 2.51. The lowest BCUT2D eigenvalue weighted by Crippen LogP contribution is -2.51. The average Bonchev–Trinajstić information content (AvgIpc) is 2.29. The molecule has 0 saturated carbocycles. The molecule has 3 nitrogen and oxygen atoms in total. The molecule has 0 radical (unpaired) electrons. The van der Waals surface area contributed by atoms with Gasteiger partial charge >= 0.3 is 0 Å². The summed E-state index contributed by atoms with van der Waals surface area (Å²) < 4.78 is 0. The van der Waals surface area contributed by atoms with Gasteiger partial charge < -0.3 is 10.2 Å². The Morgan fingerprint density at radius 3 is 2.69 bits per heavy atom. The van der Waals surface area contributed by atoms with E-state index >= 15 is 0 Å². The molecule has 0 aliphatic carbocycles. The average molecular weight is 227 g/mol. The van der Waals surface area contributed by atoms with Gasteiger partial charge in [0.05, 0.1) is 0 Å². The van der Waals surface area contributed by atoms with Gasteiger partial charge in [-0.2, -0.15) is 0 Å². The predicted octanol–water partition coefficient (Wildman–Crippen LogP) is 1.40. The second-order valence-corrected chi connectivity index (χ2v) is 5.11. The first-order valence-electron chi connectivity index (χ1n) is 6.81. The van der Waals surface area contributed by atoms with E-state index in [-0.39, 0.29) is 0 Å². The van der Waals surface area contributed by atoms with E-state index in [1.807, 2.05) is 7.05 Å². The van der Waals surface area contributed by atoms with Crippen molar-refractivity contribution in [1.82, 2.24) is 15.1 Å². The van der Waals surface area contributed by atoms with Crippen LogP contribution in [-0.2, 0) is 0 Å². The molecule has 1 saturated heterocycles. The molecule has 1 fully saturated rings. The Kier molecular flexibility index (Phi) is 6.32. The van der Waals surface area contributed by atoms with Gasteiger partial charge in [0, 0.05) is 31.7 Å². The Hall–Kier alpha value is -0.120. The van der Waals surface area contributed by atoms with Crippen molar-refractivity contribution in [2.75, 3.05) is 39.8 Å². The summed E-state index contributed by atoms with van der Waals surface area (Å²) in [5.41, 5.74) is 0. The van der Waals surface area contributed by atoms with Crippen molar-refractivity contribution in [3.8, 4) is 0 Å². The Balaban J connectivity index is 2.15. The van der Waals surface area contributed by atoms with Gasteiger partial charge in [-0.15, -0.1) is 0 Å². The summed E-state index contributed by atoms with van der Waals surface area (Å²) in [5, 5.41) is 3.30. The van der Waals surface area contributed by atoms with Crippen LogP contribution in [0.4, 0.5) is 0 Å². The predicted molar refractivity (Wildman–Crippen MR) is 70.9 cm³/mol. The topological polar surface area (TPSA) is 18.5 Å². The number of piperazine rings is 1. The van der Waals surface area contributed by atoms with Gasteiger partial charge in [0.25, 0.3) is 0 Å². The van der Waals surface area contributed by atoms with Crippen LogP contribution in [0.3, 0.4) is 0 Å². The van der Waals surface area contributed by atoms with Crippen molar-refractivity contribution >= 4 is 0 Å². The van der Waals surface area contributed by atoms with E-state index in [0.717, 1.165) is 6.04 Å². The van der Waals surface area contributed by atoms with Crippen LogP contribution in [0.25, 0.3) is 0 Å². The molecule has 96 valence electrons. The highest BCUT2D eigenvalue weighted by molar-refractivity contribution is 4.78. The van der Waals surface area contributed by atoms with Crippen molar-refractivity contribution in [2.45, 2.75) is 45.7 Å². The Morgan fingerprint density at radius 1 is 1.38 bits per heavy atom. The number of hydrogen-bond acceptors (Lipinski definition) is 3. The zero-order valence-corrected chi connectivity index (χ0v) is 11.5. The quantitative estimate of drug-likeness (QED) is 0.740. The number of nitrogens with one attached hydrogen (secondary N) is 1. The zero-order valence-electron chi connectivity index (χ0n) is 11.5. The highest BCUT2D eigenvalue weighted by Gasteiger charge is 2.21. The number of likely N-dealkylation sites (N-methyl/N-ethyl adjacent to an activating group) is 1. The molecular formula is C13H29N3. The lowest BCUT2D eigenvalue weighted by atomic mass is 10.1. The fraction of sp³-hybridized carbons (Fsp3) is 1.00. The number of rotatable bonds is 6. The van der Waals surface area contributed by atoms with Crippen LogP contribution in [0.2, 0.25) is 0 Å². The molecule has 0 amide bonds. The summed E-state index contributed by atoms with van der Waals surface area (Å²) in [6, 6.07) is 1.40. The molecule has 2 unspecified atom stereocenters. The highest BCUT2D eigenvalue weighted by Crippen LogP contribution is 2.10. The lowest BCUT2D eigenvalue weighted by Gasteiger charge is -2.39. The second-order valence-electron chi connectivity index (χ2n) is 5.11. The summed E-state index contributed by atoms with van der Waals surface area (Å²) in [6.45, 7) is 13.1. The van der Waals surface area contributed by atoms with E-state index in [1.54, 1.807) is 0 Å². The van der Waals surface area contributed by atoms with Gasteiger partial charge in [0.15, 0.2) is 0 Å². The molecule has 1 rings (SSSR count). The van der Waals surface area contributed by atoms with Crippen LogP contribution in [0.15, 0.2) is 0 Å². The van der Waals surface area contributed by atoms with E-state index in [4.69, 9.17) is 0 Å². The van der Waals surface area contributed by atoms with Gasteiger partial charge in [-0.25, -0.2) is 0 Å². The monoisotopic (exact) mass is 227 g/mol. The van der Waals surface area contributed by atoms with Crippen molar-refractivity contribution in [1.29, 1.82) is 0 Å². The van der Waals surface area contributed by atoms with E-state index in [9.17, 15) is 0 Å². The van der Waals surface area contributed by atoms with E-state index in [1.165, 1.54) is 45.6 Å². The SMILES string of the molecule is CCN1CCN(CCCC(C)NC)CC1C. The first-order chi connectivity index (χ1) is 7.67. The summed E-state index contributed by atoms with van der Waals surface area (Å²) in [6.07, 6.45) is 2.61. The van der Waals surface area contributed by atoms with Crippen LogP contribution < -0.4 is 5.32 Å². The Bertz CT molecular complexity index is 184. The largest absolute Gasteiger partial charge is 0.317 e. The van der Waals surface area contributed by atoms with Crippen LogP contribution in [0.1, 0.15) is 33.6 Å². The number of hydrogen-bond donors (Lipinski definition) is 1. The zero-order chi connectivity index (χ0) is 12.0. The van der Waals surface area contributed by atoms with Crippen LogP contribution in [0, 0.1) is 0 Å². The molecule has 0 bridgehead atoms. The van der Waals surface area contributed by atoms with Crippen LogP contribution >= 0.6 is 0 Å². The van der Waals surface area contributed by atoms with Gasteiger partial charge in [0.2, 0.25) is 0 Å². The van der Waals surface area contributed by atoms with Gasteiger partial charge in [-0.05, 0) is 46.8 Å². The minimum Gasteiger partial charge on any atom is -0.317 e. The third kappa shape index (κ3) is 4.40. The van der Waals surface area contributed by atoms with Crippen molar-refractivity contribution in [3.63, 3.8) is 0 Å². The van der Waals surface area contributed by atoms with Gasteiger partial charge in [0.1, 0.15) is 0 Å². The third-order valence-corrected chi connectivity index (χ3v) is 3.86. The van der Waals surface area contributed by atoms with E-state index in [0.29, 0.717) is 6.04 Å². The minimum absolute atomic E-state index is 0.661. The molecule has 0 aromatic carbocycles. The summed E-state index contributed by atoms with van der Waals surface area (Å²) in [4.78, 5) is 5.20. The molecule has 0 spiro atoms. The Morgan fingerprint density at radius 2 is 2.12 bits per heavy atom. The molecular weight excluding hydrogens is 198 g/mol. The smallest absolute Gasteiger partial charge is 0.0195 e. The van der Waals surface area contributed by atoms with Crippen LogP contribution in [-0.4, -0.2) is 61.7 Å². The molecule has 0 aromatic heterocycles. The van der Waals surface area contributed by atoms with E-state index < -0.39 is 0 Å². The summed E-state index contributed by atoms with van der Waals surface area (Å²) in [7, 11) is 2.05. The maximum Gasteiger partial charge on any atom is 0.0195 e. The first-order valence-corrected chi connectivity index (χ1v) is 6.81. The van der Waals surface area contributed by atoms with Crippen LogP contribution in [0.5, 0.6) is 0 Å². The summed E-state index contributed by atoms with van der Waals surface area (Å²) in [5.74, 6) is 0. The summed E-state index contributed by atoms with van der Waals surface area (Å²) >= 11 is 0. The fourth-order valence-electron chi connectivity index (χ4n) is 2.51. The molecule has 1 N–H and O–H groups in total. The Labute approximate surface area is 101 Å². The normalized spacial score (nSPS) is 25.9. The highest BCUT2D eigenvalue weighted by atomic mass is 15.3. The van der Waals surface area contributed by atoms with Gasteiger partial charge in [-0.1, -0.05) is 6.92 Å². The maximum atomic E-state index is 3.30. The van der Waals surface area contributed by atoms with Crippen molar-refractivity contribution in [3.05, 3.63) is 0 Å². The minimum atomic E-state index is 0.661. The molecule has 2 atom stereocenters. The molecule has 3 heteroatoms. The first kappa shape index (κ1) is 13.9. The van der Waals surface area contributed by atoms with Gasteiger partial charge in [-0.3, -0.25) is 4.90 Å². The third-order valence-electron chi connectivity index (χ3n) is 3.86. The standard InChI is InChI=1S/C13H29N3/c1-5-16-10-9-15(11-13(16)3)8-6-7-12(2)14-4/h12-14H,5-11H2,1-4H3. The molecule has 0 aromatic rings. The van der Waals surface area contributed by atoms with Crippen molar-refractivity contribution < 1.29 is 0 Å². The molecule has 1 aliphatic heterocycles. The maximum absolute atomic E-state index is 3.30. The second kappa shape index (κ2) is 7.25. The molecule has 1 aliphatic rings. The number of nitrogens with zero attached hydrogens (tertiary/aromatic N) is 2. The lowest BCUT2D eigenvalue weighted by molar-refractivity contribution is 0.0866. The van der Waals surface area contributed by atoms with Crippen molar-refractivity contribution in [2.24, 2.45) is 0 Å². The molecule has 1 heterocycles. The molecule has 16 heavy (non-hydrogen) atoms. The van der Waals surface area contributed by atoms with E-state index in [2.05, 4.69) is 35.9 Å².